The molecule has 0 spiro atoms. The lowest BCUT2D eigenvalue weighted by atomic mass is 9.99. The molecular weight excluding hydrogens is 470 g/mol. The van der Waals surface area contributed by atoms with Crippen LogP contribution in [-0.2, 0) is 0 Å². The maximum atomic E-state index is 15.1. The van der Waals surface area contributed by atoms with Gasteiger partial charge in [-0.05, 0) is 49.2 Å². The number of carbonyl (C=O) groups is 1. The Morgan fingerprint density at radius 3 is 2.50 bits per heavy atom. The summed E-state index contributed by atoms with van der Waals surface area (Å²) in [4.78, 5) is 20.0. The lowest BCUT2D eigenvalue weighted by Gasteiger charge is -2.11. The van der Waals surface area contributed by atoms with E-state index in [9.17, 15) is 18.0 Å². The highest BCUT2D eigenvalue weighted by Gasteiger charge is 2.26. The number of methoxy groups -OCH3 is 1. The van der Waals surface area contributed by atoms with Crippen molar-refractivity contribution in [3.8, 4) is 5.75 Å². The monoisotopic (exact) mass is 491 g/mol. The molecule has 4 aromatic rings. The first-order chi connectivity index (χ1) is 16.3. The van der Waals surface area contributed by atoms with Crippen molar-refractivity contribution in [3.63, 3.8) is 0 Å². The van der Waals surface area contributed by atoms with Crippen molar-refractivity contribution >= 4 is 34.5 Å². The van der Waals surface area contributed by atoms with E-state index in [1.165, 1.54) is 19.5 Å². The molecule has 34 heavy (non-hydrogen) atoms. The quantitative estimate of drug-likeness (QED) is 0.176. The van der Waals surface area contributed by atoms with Crippen LogP contribution in [0.25, 0.3) is 11.0 Å². The third-order valence-corrected chi connectivity index (χ3v) is 5.72. The zero-order valence-corrected chi connectivity index (χ0v) is 19.5. The average molecular weight is 492 g/mol. The minimum atomic E-state index is -1.16. The first-order valence-electron chi connectivity index (χ1n) is 10.2. The Morgan fingerprint density at radius 2 is 1.79 bits per heavy atom. The molecule has 178 valence electrons. The number of anilines is 1. The number of carbonyl (C=O) groups excluding carboxylic acids is 1. The number of aromatic amines is 1. The number of ether oxygens (including phenoxy) is 1. The predicted molar refractivity (Wildman–Crippen MR) is 124 cm³/mol. The van der Waals surface area contributed by atoms with E-state index >= 15 is 4.39 Å². The Kier molecular flexibility index (Phi) is 7.83. The predicted octanol–water partition coefficient (Wildman–Crippen LogP) is 6.81. The number of H-pyrrole nitrogens is 1. The highest BCUT2D eigenvalue weighted by atomic mass is 32.2. The van der Waals surface area contributed by atoms with Crippen LogP contribution in [0.2, 0.25) is 0 Å². The minimum Gasteiger partial charge on any atom is -0.495 e. The molecule has 2 N–H and O–H groups in total. The molecule has 0 fully saturated rings. The molecule has 5 nitrogen and oxygen atoms in total. The summed E-state index contributed by atoms with van der Waals surface area (Å²) in [7, 11) is 1.44. The third kappa shape index (κ3) is 4.72. The molecule has 0 aliphatic heterocycles. The summed E-state index contributed by atoms with van der Waals surface area (Å²) in [5.74, 6) is -4.13. The molecule has 0 amide bonds. The van der Waals surface area contributed by atoms with Gasteiger partial charge in [-0.2, -0.15) is 0 Å². The summed E-state index contributed by atoms with van der Waals surface area (Å²) in [5, 5.41) is 0.378. The summed E-state index contributed by atoms with van der Waals surface area (Å²) in [5.41, 5.74) is -0.106. The summed E-state index contributed by atoms with van der Waals surface area (Å²) in [6.07, 6.45) is 2.79. The number of aryl methyl sites for hydroxylation is 1. The van der Waals surface area contributed by atoms with Gasteiger partial charge in [0.1, 0.15) is 28.8 Å². The molecule has 10 heteroatoms. The van der Waals surface area contributed by atoms with Crippen molar-refractivity contribution in [2.45, 2.75) is 25.7 Å². The maximum absolute atomic E-state index is 15.1. The van der Waals surface area contributed by atoms with Crippen LogP contribution in [0.4, 0.5) is 23.2 Å². The van der Waals surface area contributed by atoms with Crippen molar-refractivity contribution < 1.29 is 27.1 Å². The molecule has 0 aliphatic rings. The zero-order chi connectivity index (χ0) is 25.0. The lowest BCUT2D eigenvalue weighted by Crippen LogP contribution is -2.09. The average Bonchev–Trinajstić information content (AvgIpc) is 3.27. The Balaban J connectivity index is 0.00000158. The minimum absolute atomic E-state index is 0.0164. The van der Waals surface area contributed by atoms with Crippen LogP contribution in [0, 0.1) is 30.2 Å². The summed E-state index contributed by atoms with van der Waals surface area (Å²) >= 11 is 0.591. The van der Waals surface area contributed by atoms with Gasteiger partial charge >= 0.3 is 0 Å². The van der Waals surface area contributed by atoms with E-state index in [2.05, 4.69) is 14.7 Å². The number of ketones is 1. The summed E-state index contributed by atoms with van der Waals surface area (Å²) in [6.45, 7) is 5.70. The molecule has 0 unspecified atom stereocenters. The molecule has 0 radical (unpaired) electrons. The fourth-order valence-corrected chi connectivity index (χ4v) is 3.98. The number of halogens is 4. The molecule has 0 atom stereocenters. The molecule has 2 aromatic heterocycles. The maximum Gasteiger partial charge on any atom is 0.201 e. The molecule has 0 saturated carbocycles. The first kappa shape index (κ1) is 25.1. The zero-order valence-electron chi connectivity index (χ0n) is 18.7. The van der Waals surface area contributed by atoms with Crippen LogP contribution in [0.1, 0.15) is 35.3 Å². The summed E-state index contributed by atoms with van der Waals surface area (Å²) < 4.78 is 64.6. The number of pyridine rings is 1. The highest BCUT2D eigenvalue weighted by Crippen LogP contribution is 2.33. The number of hydrogen-bond acceptors (Lipinski definition) is 5. The van der Waals surface area contributed by atoms with E-state index in [1.807, 2.05) is 13.8 Å². The second-order valence-electron chi connectivity index (χ2n) is 6.77. The van der Waals surface area contributed by atoms with Gasteiger partial charge in [0, 0.05) is 17.1 Å². The van der Waals surface area contributed by atoms with E-state index in [0.29, 0.717) is 34.3 Å². The van der Waals surface area contributed by atoms with Crippen molar-refractivity contribution in [1.82, 2.24) is 9.97 Å². The Labute approximate surface area is 197 Å². The van der Waals surface area contributed by atoms with Crippen LogP contribution in [-0.4, -0.2) is 22.9 Å². The molecule has 0 aliphatic carbocycles. The van der Waals surface area contributed by atoms with Gasteiger partial charge < -0.3 is 14.4 Å². The van der Waals surface area contributed by atoms with Gasteiger partial charge in [0.05, 0.1) is 35.0 Å². The van der Waals surface area contributed by atoms with Crippen molar-refractivity contribution in [2.24, 2.45) is 0 Å². The molecule has 2 aromatic carbocycles. The van der Waals surface area contributed by atoms with Crippen molar-refractivity contribution in [2.75, 3.05) is 11.8 Å². The number of rotatable bonds is 6. The SMILES string of the molecule is CC.COc1cnc2[nH]cc(C(=O)c3c(F)ccc(NSc4cc(F)ccc4F)c3F)c2c1C. The van der Waals surface area contributed by atoms with E-state index in [1.54, 1.807) is 6.92 Å². The highest BCUT2D eigenvalue weighted by molar-refractivity contribution is 8.00. The fourth-order valence-electron chi connectivity index (χ4n) is 3.26. The normalized spacial score (nSPS) is 10.6. The smallest absolute Gasteiger partial charge is 0.201 e. The van der Waals surface area contributed by atoms with E-state index in [4.69, 9.17) is 4.74 Å². The molecule has 0 bridgehead atoms. The van der Waals surface area contributed by atoms with Gasteiger partial charge in [0.2, 0.25) is 5.78 Å². The van der Waals surface area contributed by atoms with Crippen LogP contribution in [0.5, 0.6) is 5.75 Å². The molecule has 4 rings (SSSR count). The van der Waals surface area contributed by atoms with E-state index < -0.39 is 34.6 Å². The third-order valence-electron chi connectivity index (χ3n) is 4.86. The first-order valence-corrected chi connectivity index (χ1v) is 11.0. The van der Waals surface area contributed by atoms with Gasteiger partial charge in [-0.15, -0.1) is 0 Å². The number of nitrogens with zero attached hydrogens (tertiary/aromatic N) is 1. The van der Waals surface area contributed by atoms with Crippen molar-refractivity contribution in [1.29, 1.82) is 0 Å². The summed E-state index contributed by atoms with van der Waals surface area (Å²) in [6, 6.07) is 4.78. The van der Waals surface area contributed by atoms with Gasteiger partial charge in [0.15, 0.2) is 5.82 Å². The molecule has 2 heterocycles. The van der Waals surface area contributed by atoms with Gasteiger partial charge in [-0.1, -0.05) is 13.8 Å². The Hall–Kier alpha value is -3.53. The van der Waals surface area contributed by atoms with Crippen LogP contribution >= 0.6 is 11.9 Å². The standard InChI is InChI=1S/C22H15F4N3O2S.C2H6/c1-10-16(31-2)9-28-22-18(10)12(8-27-22)21(30)19-14(25)5-6-15(20(19)26)29-32-17-7-11(23)3-4-13(17)24;1-2/h3-9,29H,1-2H3,(H,27,28);1-2H3. The van der Waals surface area contributed by atoms with Crippen LogP contribution < -0.4 is 9.46 Å². The molecule has 0 saturated heterocycles. The second-order valence-corrected chi connectivity index (χ2v) is 7.62. The van der Waals surface area contributed by atoms with Gasteiger partial charge in [-0.3, -0.25) is 4.79 Å². The topological polar surface area (TPSA) is 67.0 Å². The fraction of sp³-hybridized carbons (Fsp3) is 0.167. The van der Waals surface area contributed by atoms with Gasteiger partial charge in [-0.25, -0.2) is 22.5 Å². The van der Waals surface area contributed by atoms with E-state index in [0.717, 1.165) is 30.3 Å². The number of hydrogen-bond donors (Lipinski definition) is 2. The lowest BCUT2D eigenvalue weighted by molar-refractivity contribution is 0.103. The molecular formula is C24H21F4N3O2S. The van der Waals surface area contributed by atoms with Gasteiger partial charge in [0.25, 0.3) is 0 Å². The van der Waals surface area contributed by atoms with Crippen molar-refractivity contribution in [3.05, 3.63) is 82.7 Å². The van der Waals surface area contributed by atoms with Crippen LogP contribution in [0.15, 0.2) is 47.6 Å². The number of aromatic nitrogens is 2. The Morgan fingerprint density at radius 1 is 1.09 bits per heavy atom. The Bertz CT molecular complexity index is 1360. The number of nitrogens with one attached hydrogen (secondary N) is 2. The van der Waals surface area contributed by atoms with Crippen LogP contribution in [0.3, 0.4) is 0 Å². The number of fused-ring (bicyclic) bond motifs is 1. The van der Waals surface area contributed by atoms with E-state index in [-0.39, 0.29) is 16.1 Å². The number of benzene rings is 2. The second kappa shape index (κ2) is 10.6. The largest absolute Gasteiger partial charge is 0.495 e.